The van der Waals surface area contributed by atoms with E-state index in [1.165, 1.54) is 19.3 Å². The third kappa shape index (κ3) is 6.36. The van der Waals surface area contributed by atoms with Crippen molar-refractivity contribution in [2.45, 2.75) is 51.0 Å². The number of rotatable bonds is 7. The summed E-state index contributed by atoms with van der Waals surface area (Å²) in [7, 11) is 0. The summed E-state index contributed by atoms with van der Waals surface area (Å²) in [6.45, 7) is 6.65. The summed E-state index contributed by atoms with van der Waals surface area (Å²) in [4.78, 5) is 30.2. The number of amides is 3. The fourth-order valence-electron chi connectivity index (χ4n) is 4.88. The highest BCUT2D eigenvalue weighted by Crippen LogP contribution is 2.28. The maximum Gasteiger partial charge on any atom is 0.319 e. The van der Waals surface area contributed by atoms with Crippen LogP contribution in [0.15, 0.2) is 18.2 Å². The Hall–Kier alpha value is -2.32. The van der Waals surface area contributed by atoms with E-state index in [1.54, 1.807) is 0 Å². The van der Waals surface area contributed by atoms with Crippen molar-refractivity contribution >= 4 is 23.3 Å². The quantitative estimate of drug-likeness (QED) is 0.603. The molecule has 2 aliphatic heterocycles. The molecule has 8 heteroatoms. The SMILES string of the molecule is O=C(Nc1ccc(N2CCCC2)c(C(=O)NCCN2CCOCC2)c1)NC1CCCCC1. The second-order valence-corrected chi connectivity index (χ2v) is 9.07. The van der Waals surface area contributed by atoms with Crippen molar-refractivity contribution in [3.05, 3.63) is 23.8 Å². The van der Waals surface area contributed by atoms with Gasteiger partial charge in [-0.05, 0) is 43.9 Å². The van der Waals surface area contributed by atoms with E-state index in [2.05, 4.69) is 25.8 Å². The number of ether oxygens (including phenoxy) is 1. The highest BCUT2D eigenvalue weighted by atomic mass is 16.5. The third-order valence-electron chi connectivity index (χ3n) is 6.70. The topological polar surface area (TPSA) is 85.9 Å². The normalized spacial score (nSPS) is 20.2. The molecule has 32 heavy (non-hydrogen) atoms. The van der Waals surface area contributed by atoms with Gasteiger partial charge < -0.3 is 25.6 Å². The van der Waals surface area contributed by atoms with Crippen molar-refractivity contribution in [1.82, 2.24) is 15.5 Å². The van der Waals surface area contributed by atoms with Gasteiger partial charge in [-0.3, -0.25) is 9.69 Å². The molecule has 2 saturated heterocycles. The number of nitrogens with one attached hydrogen (secondary N) is 3. The first kappa shape index (κ1) is 22.9. The Kier molecular flexibility index (Phi) is 8.23. The second kappa shape index (κ2) is 11.5. The van der Waals surface area contributed by atoms with E-state index in [0.717, 1.165) is 77.3 Å². The predicted octanol–water partition coefficient (Wildman–Crippen LogP) is 2.80. The van der Waals surface area contributed by atoms with Gasteiger partial charge in [0.25, 0.3) is 5.91 Å². The van der Waals surface area contributed by atoms with Gasteiger partial charge in [-0.1, -0.05) is 19.3 Å². The standard InChI is InChI=1S/C24H37N5O3/c30-23(25-10-13-28-14-16-32-17-15-28)21-18-20(8-9-22(21)29-11-4-5-12-29)27-24(31)26-19-6-2-1-3-7-19/h8-9,18-19H,1-7,10-17H2,(H,25,30)(H2,26,27,31). The van der Waals surface area contributed by atoms with Crippen LogP contribution in [0.3, 0.4) is 0 Å². The van der Waals surface area contributed by atoms with E-state index in [9.17, 15) is 9.59 Å². The average Bonchev–Trinajstić information content (AvgIpc) is 3.35. The first-order valence-electron chi connectivity index (χ1n) is 12.2. The van der Waals surface area contributed by atoms with Gasteiger partial charge in [0, 0.05) is 56.7 Å². The van der Waals surface area contributed by atoms with Gasteiger partial charge >= 0.3 is 6.03 Å². The van der Waals surface area contributed by atoms with Crippen LogP contribution >= 0.6 is 0 Å². The van der Waals surface area contributed by atoms with Crippen molar-refractivity contribution in [2.24, 2.45) is 0 Å². The summed E-state index contributed by atoms with van der Waals surface area (Å²) < 4.78 is 5.39. The second-order valence-electron chi connectivity index (χ2n) is 9.07. The smallest absolute Gasteiger partial charge is 0.319 e. The molecule has 176 valence electrons. The number of hydrogen-bond donors (Lipinski definition) is 3. The number of carbonyl (C=O) groups excluding carboxylic acids is 2. The molecule has 1 saturated carbocycles. The molecule has 0 radical (unpaired) electrons. The molecule has 0 atom stereocenters. The molecular weight excluding hydrogens is 406 g/mol. The minimum Gasteiger partial charge on any atom is -0.379 e. The van der Waals surface area contributed by atoms with Gasteiger partial charge in [-0.25, -0.2) is 4.79 Å². The number of carbonyl (C=O) groups is 2. The minimum absolute atomic E-state index is 0.0866. The summed E-state index contributed by atoms with van der Waals surface area (Å²) in [5, 5.41) is 9.10. The van der Waals surface area contributed by atoms with Crippen molar-refractivity contribution in [3.8, 4) is 0 Å². The van der Waals surface area contributed by atoms with E-state index in [0.29, 0.717) is 17.8 Å². The molecule has 1 aliphatic carbocycles. The Bertz CT molecular complexity index is 769. The van der Waals surface area contributed by atoms with Crippen LogP contribution in [0.2, 0.25) is 0 Å². The monoisotopic (exact) mass is 443 g/mol. The minimum atomic E-state index is -0.190. The molecule has 3 aliphatic rings. The van der Waals surface area contributed by atoms with Crippen LogP contribution in [0.4, 0.5) is 16.2 Å². The maximum absolute atomic E-state index is 13.1. The van der Waals surface area contributed by atoms with Crippen molar-refractivity contribution in [3.63, 3.8) is 0 Å². The van der Waals surface area contributed by atoms with Crippen LogP contribution in [0, 0.1) is 0 Å². The Morgan fingerprint density at radius 3 is 2.47 bits per heavy atom. The van der Waals surface area contributed by atoms with E-state index in [4.69, 9.17) is 4.74 Å². The van der Waals surface area contributed by atoms with Crippen LogP contribution < -0.4 is 20.9 Å². The summed E-state index contributed by atoms with van der Waals surface area (Å²) in [5.41, 5.74) is 2.23. The molecule has 3 N–H and O–H groups in total. The molecule has 2 heterocycles. The molecule has 3 fully saturated rings. The lowest BCUT2D eigenvalue weighted by atomic mass is 9.96. The summed E-state index contributed by atoms with van der Waals surface area (Å²) >= 11 is 0. The van der Waals surface area contributed by atoms with Crippen LogP contribution in [-0.2, 0) is 4.74 Å². The molecule has 3 amide bonds. The number of nitrogens with zero attached hydrogens (tertiary/aromatic N) is 2. The molecule has 0 spiro atoms. The maximum atomic E-state index is 13.1. The fourth-order valence-corrected chi connectivity index (χ4v) is 4.88. The predicted molar refractivity (Wildman–Crippen MR) is 127 cm³/mol. The molecule has 8 nitrogen and oxygen atoms in total. The van der Waals surface area contributed by atoms with Crippen LogP contribution in [-0.4, -0.2) is 75.4 Å². The van der Waals surface area contributed by atoms with Crippen molar-refractivity contribution in [1.29, 1.82) is 0 Å². The van der Waals surface area contributed by atoms with E-state index < -0.39 is 0 Å². The van der Waals surface area contributed by atoms with Crippen molar-refractivity contribution < 1.29 is 14.3 Å². The number of anilines is 2. The zero-order chi connectivity index (χ0) is 22.2. The van der Waals surface area contributed by atoms with Crippen LogP contribution in [0.5, 0.6) is 0 Å². The molecule has 0 bridgehead atoms. The molecule has 0 aromatic heterocycles. The van der Waals surface area contributed by atoms with E-state index in [1.807, 2.05) is 18.2 Å². The fraction of sp³-hybridized carbons (Fsp3) is 0.667. The van der Waals surface area contributed by atoms with Crippen LogP contribution in [0.25, 0.3) is 0 Å². The van der Waals surface area contributed by atoms with Gasteiger partial charge in [-0.2, -0.15) is 0 Å². The molecule has 1 aromatic rings. The van der Waals surface area contributed by atoms with Gasteiger partial charge in [0.1, 0.15) is 0 Å². The first-order valence-corrected chi connectivity index (χ1v) is 12.2. The largest absolute Gasteiger partial charge is 0.379 e. The Morgan fingerprint density at radius 2 is 1.72 bits per heavy atom. The van der Waals surface area contributed by atoms with Gasteiger partial charge in [0.2, 0.25) is 0 Å². The highest BCUT2D eigenvalue weighted by Gasteiger charge is 2.21. The van der Waals surface area contributed by atoms with Crippen LogP contribution in [0.1, 0.15) is 55.3 Å². The number of urea groups is 1. The number of benzene rings is 1. The van der Waals surface area contributed by atoms with E-state index in [-0.39, 0.29) is 18.0 Å². The van der Waals surface area contributed by atoms with E-state index >= 15 is 0 Å². The number of morpholine rings is 1. The lowest BCUT2D eigenvalue weighted by Crippen LogP contribution is -2.41. The Labute approximate surface area is 191 Å². The third-order valence-corrected chi connectivity index (χ3v) is 6.70. The Balaban J connectivity index is 1.39. The lowest BCUT2D eigenvalue weighted by Gasteiger charge is -2.27. The number of hydrogen-bond acceptors (Lipinski definition) is 5. The average molecular weight is 444 g/mol. The first-order chi connectivity index (χ1) is 15.7. The van der Waals surface area contributed by atoms with Gasteiger partial charge in [-0.15, -0.1) is 0 Å². The summed E-state index contributed by atoms with van der Waals surface area (Å²) in [6, 6.07) is 5.75. The molecular formula is C24H37N5O3. The molecule has 0 unspecified atom stereocenters. The summed E-state index contributed by atoms with van der Waals surface area (Å²) in [6.07, 6.45) is 7.95. The zero-order valence-electron chi connectivity index (χ0n) is 19.0. The molecule has 4 rings (SSSR count). The Morgan fingerprint density at radius 1 is 0.969 bits per heavy atom. The lowest BCUT2D eigenvalue weighted by molar-refractivity contribution is 0.0383. The molecule has 1 aromatic carbocycles. The van der Waals surface area contributed by atoms with Gasteiger partial charge in [0.15, 0.2) is 0 Å². The van der Waals surface area contributed by atoms with Gasteiger partial charge in [0.05, 0.1) is 18.8 Å². The van der Waals surface area contributed by atoms with Crippen molar-refractivity contribution in [2.75, 3.05) is 62.7 Å². The summed E-state index contributed by atoms with van der Waals surface area (Å²) in [5.74, 6) is -0.0866. The zero-order valence-corrected chi connectivity index (χ0v) is 19.0. The highest BCUT2D eigenvalue weighted by molar-refractivity contribution is 6.02.